The van der Waals surface area contributed by atoms with Crippen LogP contribution < -0.4 is 5.32 Å². The number of carbonyl (C=O) groups is 1. The Kier molecular flexibility index (Phi) is 34.4. The third-order valence-corrected chi connectivity index (χ3v) is 8.68. The topological polar surface area (TPSA) is 69.6 Å². The lowest BCUT2D eigenvalue weighted by Gasteiger charge is -2.22. The van der Waals surface area contributed by atoms with Gasteiger partial charge < -0.3 is 15.5 Å². The SMILES string of the molecule is CCCCCCC/C=C/CCCCCCCC(=O)N[C@@H](CO)[C@H](O)CCCC/C=C/CCCCCCCCCCCCC. The number of nitrogens with one attached hydrogen (secondary N) is 1. The van der Waals surface area contributed by atoms with E-state index in [4.69, 9.17) is 0 Å². The largest absolute Gasteiger partial charge is 0.394 e. The van der Waals surface area contributed by atoms with E-state index in [1.807, 2.05) is 0 Å². The van der Waals surface area contributed by atoms with Gasteiger partial charge in [-0.1, -0.05) is 154 Å². The van der Waals surface area contributed by atoms with Gasteiger partial charge in [0.2, 0.25) is 5.91 Å². The molecule has 0 radical (unpaired) electrons. The second-order valence-corrected chi connectivity index (χ2v) is 13.0. The molecule has 0 aromatic heterocycles. The molecule has 0 heterocycles. The Labute approximate surface area is 269 Å². The lowest BCUT2D eigenvalue weighted by Crippen LogP contribution is -2.45. The molecule has 0 aliphatic heterocycles. The molecule has 0 aromatic rings. The van der Waals surface area contributed by atoms with Gasteiger partial charge in [-0.15, -0.1) is 0 Å². The first-order chi connectivity index (χ1) is 21.2. The summed E-state index contributed by atoms with van der Waals surface area (Å²) in [7, 11) is 0. The number of aliphatic hydroxyl groups is 2. The first-order valence-electron chi connectivity index (χ1n) is 19.0. The van der Waals surface area contributed by atoms with Crippen molar-refractivity contribution in [2.24, 2.45) is 0 Å². The fourth-order valence-electron chi connectivity index (χ4n) is 5.70. The zero-order valence-electron chi connectivity index (χ0n) is 29.0. The summed E-state index contributed by atoms with van der Waals surface area (Å²) in [4.78, 5) is 12.3. The number of carbonyl (C=O) groups excluding carboxylic acids is 1. The summed E-state index contributed by atoms with van der Waals surface area (Å²) in [6.45, 7) is 4.33. The number of rotatable bonds is 34. The number of hydrogen-bond acceptors (Lipinski definition) is 3. The number of aliphatic hydroxyl groups excluding tert-OH is 2. The molecule has 0 aromatic carbocycles. The van der Waals surface area contributed by atoms with Gasteiger partial charge in [0.05, 0.1) is 18.8 Å². The molecule has 43 heavy (non-hydrogen) atoms. The van der Waals surface area contributed by atoms with Crippen LogP contribution in [0.1, 0.15) is 200 Å². The van der Waals surface area contributed by atoms with Gasteiger partial charge in [-0.25, -0.2) is 0 Å². The monoisotopic (exact) mass is 606 g/mol. The molecule has 4 nitrogen and oxygen atoms in total. The molecule has 0 aliphatic carbocycles. The van der Waals surface area contributed by atoms with Crippen LogP contribution in [0.5, 0.6) is 0 Å². The molecule has 254 valence electrons. The first-order valence-corrected chi connectivity index (χ1v) is 19.0. The highest BCUT2D eigenvalue weighted by Gasteiger charge is 2.19. The number of hydrogen-bond donors (Lipinski definition) is 3. The van der Waals surface area contributed by atoms with Gasteiger partial charge in [0.15, 0.2) is 0 Å². The lowest BCUT2D eigenvalue weighted by atomic mass is 10.0. The predicted molar refractivity (Wildman–Crippen MR) is 189 cm³/mol. The first kappa shape index (κ1) is 41.9. The van der Waals surface area contributed by atoms with Crippen LogP contribution in [0.3, 0.4) is 0 Å². The zero-order chi connectivity index (χ0) is 31.5. The molecule has 3 N–H and O–H groups in total. The van der Waals surface area contributed by atoms with Crippen LogP contribution in [0.2, 0.25) is 0 Å². The van der Waals surface area contributed by atoms with Crippen LogP contribution in [0.4, 0.5) is 0 Å². The average Bonchev–Trinajstić information content (AvgIpc) is 3.01. The van der Waals surface area contributed by atoms with Gasteiger partial charge in [0.1, 0.15) is 0 Å². The molecule has 0 rings (SSSR count). The summed E-state index contributed by atoms with van der Waals surface area (Å²) < 4.78 is 0. The highest BCUT2D eigenvalue weighted by Crippen LogP contribution is 2.14. The van der Waals surface area contributed by atoms with Crippen molar-refractivity contribution < 1.29 is 15.0 Å². The van der Waals surface area contributed by atoms with Gasteiger partial charge in [0.25, 0.3) is 0 Å². The third kappa shape index (κ3) is 32.1. The molecular weight excluding hydrogens is 530 g/mol. The van der Waals surface area contributed by atoms with Crippen LogP contribution >= 0.6 is 0 Å². The van der Waals surface area contributed by atoms with Gasteiger partial charge in [0, 0.05) is 6.42 Å². The Bertz CT molecular complexity index is 618. The number of amides is 1. The van der Waals surface area contributed by atoms with Crippen LogP contribution in [0, 0.1) is 0 Å². The quantitative estimate of drug-likeness (QED) is 0.0505. The molecule has 4 heteroatoms. The fraction of sp³-hybridized carbons (Fsp3) is 0.872. The highest BCUT2D eigenvalue weighted by molar-refractivity contribution is 5.76. The van der Waals surface area contributed by atoms with Crippen molar-refractivity contribution in [2.45, 2.75) is 212 Å². The minimum atomic E-state index is -0.682. The van der Waals surface area contributed by atoms with E-state index >= 15 is 0 Å². The van der Waals surface area contributed by atoms with Crippen LogP contribution in [0.15, 0.2) is 24.3 Å². The Balaban J connectivity index is 3.60. The van der Waals surface area contributed by atoms with E-state index in [-0.39, 0.29) is 12.5 Å². The summed E-state index contributed by atoms with van der Waals surface area (Å²) in [5, 5.41) is 23.0. The maximum absolute atomic E-state index is 12.3. The minimum absolute atomic E-state index is 0.0506. The molecule has 0 unspecified atom stereocenters. The standard InChI is InChI=1S/C39H75NO3/c1-3-5-7-9-11-13-15-17-19-20-21-22-24-26-28-30-32-34-38(42)37(36-41)40-39(43)35-33-31-29-27-25-23-18-16-14-12-10-8-6-4-2/h16,18,24,26,37-38,41-42H,3-15,17,19-23,25,27-36H2,1-2H3,(H,40,43)/b18-16+,26-24+/t37-,38+/m0/s1. The van der Waals surface area contributed by atoms with E-state index in [1.54, 1.807) is 0 Å². The maximum Gasteiger partial charge on any atom is 0.220 e. The van der Waals surface area contributed by atoms with E-state index in [9.17, 15) is 15.0 Å². The highest BCUT2D eigenvalue weighted by atomic mass is 16.3. The van der Waals surface area contributed by atoms with Gasteiger partial charge in [-0.3, -0.25) is 4.79 Å². The molecule has 0 saturated heterocycles. The average molecular weight is 606 g/mol. The second-order valence-electron chi connectivity index (χ2n) is 13.0. The smallest absolute Gasteiger partial charge is 0.220 e. The molecular formula is C39H75NO3. The van der Waals surface area contributed by atoms with Crippen molar-refractivity contribution in [3.63, 3.8) is 0 Å². The van der Waals surface area contributed by atoms with Crippen LogP contribution in [-0.4, -0.2) is 34.9 Å². The molecule has 0 spiro atoms. The molecule has 0 saturated carbocycles. The van der Waals surface area contributed by atoms with Gasteiger partial charge in [-0.2, -0.15) is 0 Å². The molecule has 0 fully saturated rings. The van der Waals surface area contributed by atoms with Crippen LogP contribution in [0.25, 0.3) is 0 Å². The lowest BCUT2D eigenvalue weighted by molar-refractivity contribution is -0.123. The molecule has 0 aliphatic rings. The zero-order valence-corrected chi connectivity index (χ0v) is 29.0. The van der Waals surface area contributed by atoms with Crippen molar-refractivity contribution in [2.75, 3.05) is 6.61 Å². The van der Waals surface area contributed by atoms with Crippen molar-refractivity contribution in [1.29, 1.82) is 0 Å². The Morgan fingerprint density at radius 3 is 1.28 bits per heavy atom. The Morgan fingerprint density at radius 2 is 0.884 bits per heavy atom. The molecule has 1 amide bonds. The van der Waals surface area contributed by atoms with Gasteiger partial charge >= 0.3 is 0 Å². The summed E-state index contributed by atoms with van der Waals surface area (Å²) in [5.74, 6) is -0.0506. The Morgan fingerprint density at radius 1 is 0.535 bits per heavy atom. The van der Waals surface area contributed by atoms with E-state index in [2.05, 4.69) is 43.5 Å². The van der Waals surface area contributed by atoms with Gasteiger partial charge in [-0.05, 0) is 64.2 Å². The van der Waals surface area contributed by atoms with Crippen LogP contribution in [-0.2, 0) is 4.79 Å². The van der Waals surface area contributed by atoms with E-state index in [1.165, 1.54) is 135 Å². The summed E-state index contributed by atoms with van der Waals surface area (Å²) in [6.07, 6.45) is 43.8. The normalized spacial score (nSPS) is 13.3. The maximum atomic E-state index is 12.3. The fourth-order valence-corrected chi connectivity index (χ4v) is 5.70. The second kappa shape index (κ2) is 35.4. The Hall–Kier alpha value is -1.13. The molecule has 0 bridgehead atoms. The summed E-state index contributed by atoms with van der Waals surface area (Å²) in [6, 6.07) is -0.553. The van der Waals surface area contributed by atoms with E-state index in [0.29, 0.717) is 12.8 Å². The number of unbranched alkanes of at least 4 members (excludes halogenated alkanes) is 23. The number of allylic oxidation sites excluding steroid dienone is 4. The minimum Gasteiger partial charge on any atom is -0.394 e. The van der Waals surface area contributed by atoms with Crippen molar-refractivity contribution in [3.8, 4) is 0 Å². The van der Waals surface area contributed by atoms with Crippen molar-refractivity contribution in [1.82, 2.24) is 5.32 Å². The van der Waals surface area contributed by atoms with Crippen molar-refractivity contribution >= 4 is 5.91 Å². The van der Waals surface area contributed by atoms with E-state index < -0.39 is 12.1 Å². The van der Waals surface area contributed by atoms with E-state index in [0.717, 1.165) is 38.5 Å². The summed E-state index contributed by atoms with van der Waals surface area (Å²) >= 11 is 0. The molecule has 2 atom stereocenters. The predicted octanol–water partition coefficient (Wildman–Crippen LogP) is 11.3. The van der Waals surface area contributed by atoms with Crippen molar-refractivity contribution in [3.05, 3.63) is 24.3 Å². The third-order valence-electron chi connectivity index (χ3n) is 8.68. The summed E-state index contributed by atoms with van der Waals surface area (Å²) in [5.41, 5.74) is 0.